The van der Waals surface area contributed by atoms with E-state index in [0.29, 0.717) is 12.4 Å². The maximum atomic E-state index is 10.9. The molecule has 0 unspecified atom stereocenters. The maximum Gasteiger partial charge on any atom is 0.311 e. The summed E-state index contributed by atoms with van der Waals surface area (Å²) in [5.41, 5.74) is 5.56. The number of nitro groups is 1. The molecule has 0 spiro atoms. The fourth-order valence-electron chi connectivity index (χ4n) is 2.56. The average Bonchev–Trinajstić information content (AvgIpc) is 2.52. The quantitative estimate of drug-likeness (QED) is 0.306. The van der Waals surface area contributed by atoms with E-state index in [1.807, 2.05) is 0 Å². The van der Waals surface area contributed by atoms with Crippen LogP contribution in [0.4, 0.5) is 17.3 Å². The number of nitrogens with two attached hydrogens (primary N) is 1. The highest BCUT2D eigenvalue weighted by atomic mass is 16.6. The third-order valence-electron chi connectivity index (χ3n) is 3.91. The molecular weight excluding hydrogens is 292 g/mol. The van der Waals surface area contributed by atoms with Crippen molar-refractivity contribution in [3.05, 3.63) is 22.2 Å². The van der Waals surface area contributed by atoms with Crippen LogP contribution in [0.25, 0.3) is 0 Å². The third-order valence-corrected chi connectivity index (χ3v) is 3.91. The Labute approximate surface area is 139 Å². The fraction of sp³-hybridized carbons (Fsp3) is 0.706. The van der Waals surface area contributed by atoms with Crippen LogP contribution >= 0.6 is 0 Å². The summed E-state index contributed by atoms with van der Waals surface area (Å²) >= 11 is 0. The largest absolute Gasteiger partial charge is 0.384 e. The smallest absolute Gasteiger partial charge is 0.311 e. The first-order valence-corrected chi connectivity index (χ1v) is 8.80. The Balaban J connectivity index is 2.09. The van der Waals surface area contributed by atoms with Gasteiger partial charge in [0.2, 0.25) is 5.82 Å². The summed E-state index contributed by atoms with van der Waals surface area (Å²) in [7, 11) is 0. The van der Waals surface area contributed by atoms with Crippen LogP contribution in [0.1, 0.15) is 71.1 Å². The normalized spacial score (nSPS) is 10.7. The van der Waals surface area contributed by atoms with Crippen molar-refractivity contribution >= 4 is 17.3 Å². The van der Waals surface area contributed by atoms with Gasteiger partial charge in [-0.3, -0.25) is 10.1 Å². The zero-order valence-electron chi connectivity index (χ0n) is 14.2. The first-order chi connectivity index (χ1) is 11.1. The van der Waals surface area contributed by atoms with Gasteiger partial charge >= 0.3 is 5.69 Å². The van der Waals surface area contributed by atoms with Crippen LogP contribution in [0.5, 0.6) is 0 Å². The Bertz CT molecular complexity index is 466. The summed E-state index contributed by atoms with van der Waals surface area (Å²) < 4.78 is 0. The van der Waals surface area contributed by atoms with Gasteiger partial charge in [0, 0.05) is 12.6 Å². The molecule has 0 aliphatic carbocycles. The second-order valence-electron chi connectivity index (χ2n) is 5.97. The van der Waals surface area contributed by atoms with Crippen molar-refractivity contribution in [3.63, 3.8) is 0 Å². The van der Waals surface area contributed by atoms with E-state index in [0.717, 1.165) is 12.8 Å². The van der Waals surface area contributed by atoms with Crippen LogP contribution in [0, 0.1) is 10.1 Å². The van der Waals surface area contributed by atoms with Crippen LogP contribution in [-0.4, -0.2) is 16.5 Å². The van der Waals surface area contributed by atoms with Crippen molar-refractivity contribution in [3.8, 4) is 0 Å². The zero-order valence-corrected chi connectivity index (χ0v) is 14.2. The summed E-state index contributed by atoms with van der Waals surface area (Å²) in [6, 6.07) is 2.84. The lowest BCUT2D eigenvalue weighted by Crippen LogP contribution is -2.07. The molecule has 130 valence electrons. The molecule has 0 bridgehead atoms. The molecule has 0 amide bonds. The number of nitrogens with one attached hydrogen (secondary N) is 1. The van der Waals surface area contributed by atoms with Gasteiger partial charge in [0.25, 0.3) is 0 Å². The van der Waals surface area contributed by atoms with Crippen molar-refractivity contribution in [1.82, 2.24) is 4.98 Å². The molecule has 6 heteroatoms. The molecule has 1 aromatic heterocycles. The van der Waals surface area contributed by atoms with E-state index in [1.165, 1.54) is 63.5 Å². The van der Waals surface area contributed by atoms with Crippen LogP contribution in [0.3, 0.4) is 0 Å². The number of nitrogens with zero attached hydrogens (tertiary/aromatic N) is 2. The van der Waals surface area contributed by atoms with Gasteiger partial charge in [-0.1, -0.05) is 64.7 Å². The number of unbranched alkanes of at least 4 members (excludes halogenated alkanes) is 9. The molecule has 1 rings (SSSR count). The van der Waals surface area contributed by atoms with E-state index < -0.39 is 4.92 Å². The molecule has 0 radical (unpaired) electrons. The summed E-state index contributed by atoms with van der Waals surface area (Å²) in [5.74, 6) is 0.562. The Morgan fingerprint density at radius 2 is 1.61 bits per heavy atom. The number of hydrogen-bond acceptors (Lipinski definition) is 5. The average molecular weight is 322 g/mol. The number of nitrogen functional groups attached to an aromatic ring is 1. The minimum absolute atomic E-state index is 0.0220. The molecule has 0 fully saturated rings. The molecular formula is C17H30N4O2. The van der Waals surface area contributed by atoms with Gasteiger partial charge < -0.3 is 11.1 Å². The molecule has 0 saturated carbocycles. The SMILES string of the molecule is CCCCCCCCCCCCNc1nc(N)ccc1[N+](=O)[O-]. The van der Waals surface area contributed by atoms with Crippen LogP contribution in [0.15, 0.2) is 12.1 Å². The molecule has 0 atom stereocenters. The minimum atomic E-state index is -0.437. The maximum absolute atomic E-state index is 10.9. The van der Waals surface area contributed by atoms with Crippen molar-refractivity contribution in [2.24, 2.45) is 0 Å². The molecule has 23 heavy (non-hydrogen) atoms. The van der Waals surface area contributed by atoms with Crippen LogP contribution in [0.2, 0.25) is 0 Å². The van der Waals surface area contributed by atoms with Gasteiger partial charge in [-0.15, -0.1) is 0 Å². The molecule has 0 aliphatic rings. The topological polar surface area (TPSA) is 94.1 Å². The van der Waals surface area contributed by atoms with Gasteiger partial charge in [-0.25, -0.2) is 4.98 Å². The van der Waals surface area contributed by atoms with E-state index in [4.69, 9.17) is 5.73 Å². The Morgan fingerprint density at radius 3 is 2.17 bits per heavy atom. The van der Waals surface area contributed by atoms with Crippen molar-refractivity contribution < 1.29 is 4.92 Å². The molecule has 6 nitrogen and oxygen atoms in total. The molecule has 0 aliphatic heterocycles. The molecule has 1 aromatic rings. The second kappa shape index (κ2) is 11.7. The van der Waals surface area contributed by atoms with Gasteiger partial charge in [0.1, 0.15) is 5.82 Å². The molecule has 0 aromatic carbocycles. The highest BCUT2D eigenvalue weighted by molar-refractivity contribution is 5.59. The standard InChI is InChI=1S/C17H30N4O2/c1-2-3-4-5-6-7-8-9-10-11-14-19-17-15(21(22)23)12-13-16(18)20-17/h12-13H,2-11,14H2,1H3,(H3,18,19,20). The fourth-order valence-corrected chi connectivity index (χ4v) is 2.56. The lowest BCUT2D eigenvalue weighted by molar-refractivity contribution is -0.384. The molecule has 1 heterocycles. The highest BCUT2D eigenvalue weighted by Crippen LogP contribution is 2.22. The number of anilines is 2. The van der Waals surface area contributed by atoms with Gasteiger partial charge in [0.05, 0.1) is 4.92 Å². The lowest BCUT2D eigenvalue weighted by Gasteiger charge is -2.07. The monoisotopic (exact) mass is 322 g/mol. The van der Waals surface area contributed by atoms with Crippen LogP contribution < -0.4 is 11.1 Å². The Hall–Kier alpha value is -1.85. The lowest BCUT2D eigenvalue weighted by atomic mass is 10.1. The van der Waals surface area contributed by atoms with E-state index in [2.05, 4.69) is 17.2 Å². The number of pyridine rings is 1. The summed E-state index contributed by atoms with van der Waals surface area (Å²) in [5, 5.41) is 13.9. The predicted octanol–water partition coefficient (Wildman–Crippen LogP) is 4.90. The second-order valence-corrected chi connectivity index (χ2v) is 5.97. The number of hydrogen-bond donors (Lipinski definition) is 2. The summed E-state index contributed by atoms with van der Waals surface area (Å²) in [4.78, 5) is 14.5. The van der Waals surface area contributed by atoms with Crippen molar-refractivity contribution in [2.75, 3.05) is 17.6 Å². The van der Waals surface area contributed by atoms with Crippen LogP contribution in [-0.2, 0) is 0 Å². The first-order valence-electron chi connectivity index (χ1n) is 8.80. The molecule has 0 saturated heterocycles. The number of rotatable bonds is 13. The number of aromatic nitrogens is 1. The van der Waals surface area contributed by atoms with E-state index in [1.54, 1.807) is 0 Å². The van der Waals surface area contributed by atoms with Crippen molar-refractivity contribution in [1.29, 1.82) is 0 Å². The van der Waals surface area contributed by atoms with E-state index >= 15 is 0 Å². The van der Waals surface area contributed by atoms with Gasteiger partial charge in [0.15, 0.2) is 0 Å². The van der Waals surface area contributed by atoms with Crippen molar-refractivity contribution in [2.45, 2.75) is 71.1 Å². The zero-order chi connectivity index (χ0) is 16.9. The first kappa shape index (κ1) is 19.2. The summed E-state index contributed by atoms with van der Waals surface area (Å²) in [6.07, 6.45) is 12.7. The molecule has 3 N–H and O–H groups in total. The van der Waals surface area contributed by atoms with Gasteiger partial charge in [-0.2, -0.15) is 0 Å². The Morgan fingerprint density at radius 1 is 1.04 bits per heavy atom. The highest BCUT2D eigenvalue weighted by Gasteiger charge is 2.14. The predicted molar refractivity (Wildman–Crippen MR) is 95.6 cm³/mol. The van der Waals surface area contributed by atoms with E-state index in [9.17, 15) is 10.1 Å². The Kier molecular flexibility index (Phi) is 9.75. The van der Waals surface area contributed by atoms with E-state index in [-0.39, 0.29) is 11.5 Å². The third kappa shape index (κ3) is 8.38. The van der Waals surface area contributed by atoms with Gasteiger partial charge in [-0.05, 0) is 12.5 Å². The summed E-state index contributed by atoms with van der Waals surface area (Å²) in [6.45, 7) is 2.93. The minimum Gasteiger partial charge on any atom is -0.384 e.